The van der Waals surface area contributed by atoms with Crippen molar-refractivity contribution in [2.24, 2.45) is 0 Å². The molecule has 0 spiro atoms. The fourth-order valence-electron chi connectivity index (χ4n) is 1.55. The summed E-state index contributed by atoms with van der Waals surface area (Å²) in [4.78, 5) is 4.32. The summed E-state index contributed by atoms with van der Waals surface area (Å²) in [5, 5.41) is 0. The molecule has 0 aromatic carbocycles. The van der Waals surface area contributed by atoms with Crippen LogP contribution in [-0.2, 0) is 9.47 Å². The van der Waals surface area contributed by atoms with E-state index in [1.54, 1.807) is 6.20 Å². The summed E-state index contributed by atoms with van der Waals surface area (Å²) >= 11 is 0. The Morgan fingerprint density at radius 2 is 1.94 bits per heavy atom. The highest BCUT2D eigenvalue weighted by atomic mass is 28.1. The van der Waals surface area contributed by atoms with Crippen molar-refractivity contribution >= 4 is 10.2 Å². The maximum absolute atomic E-state index is 5.64. The normalized spacial score (nSPS) is 13.8. The van der Waals surface area contributed by atoms with Crippen LogP contribution >= 0.6 is 0 Å². The predicted molar refractivity (Wildman–Crippen MR) is 64.4 cm³/mol. The molecule has 0 N–H and O–H groups in total. The average molecular weight is 236 g/mol. The molecule has 1 aromatic heterocycles. The number of rotatable bonds is 6. The van der Waals surface area contributed by atoms with Gasteiger partial charge in [-0.2, -0.15) is 0 Å². The van der Waals surface area contributed by atoms with Crippen molar-refractivity contribution in [1.82, 2.24) is 4.98 Å². The van der Waals surface area contributed by atoms with Gasteiger partial charge in [0, 0.05) is 31.0 Å². The zero-order valence-corrected chi connectivity index (χ0v) is 11.1. The Morgan fingerprint density at radius 1 is 1.31 bits per heavy atom. The lowest BCUT2D eigenvalue weighted by Gasteiger charge is -2.34. The predicted octanol–water partition coefficient (Wildman–Crippen LogP) is 2.08. The average Bonchev–Trinajstić information content (AvgIpc) is 2.30. The minimum atomic E-state index is -0.794. The molecule has 0 saturated heterocycles. The molecule has 1 atom stereocenters. The number of pyridine rings is 1. The molecule has 0 aliphatic heterocycles. The molecular formula is C12H18NO2Si. The highest BCUT2D eigenvalue weighted by molar-refractivity contribution is 6.14. The molecule has 0 fully saturated rings. The summed E-state index contributed by atoms with van der Waals surface area (Å²) < 4.78 is 11.3. The number of aromatic nitrogens is 1. The van der Waals surface area contributed by atoms with Crippen LogP contribution in [-0.4, -0.2) is 33.9 Å². The third-order valence-electron chi connectivity index (χ3n) is 2.42. The Balaban J connectivity index is 2.86. The first kappa shape index (κ1) is 13.4. The molecule has 3 radical (unpaired) electrons. The van der Waals surface area contributed by atoms with Gasteiger partial charge in [-0.15, -0.1) is 0 Å². The van der Waals surface area contributed by atoms with Gasteiger partial charge in [0.05, 0.1) is 0 Å². The van der Waals surface area contributed by atoms with Gasteiger partial charge >= 0.3 is 0 Å². The standard InChI is InChI=1S/C12H18NO2Si/c1-4-14-12(16,15-5-2)10(3)11-8-6-7-9-13-11/h6-10H,4-5H2,1-3H3. The van der Waals surface area contributed by atoms with Crippen LogP contribution in [0.1, 0.15) is 32.4 Å². The number of hydrogen-bond donors (Lipinski definition) is 0. The van der Waals surface area contributed by atoms with Gasteiger partial charge in [0.15, 0.2) is 5.41 Å². The minimum Gasteiger partial charge on any atom is -0.354 e. The van der Waals surface area contributed by atoms with E-state index in [9.17, 15) is 0 Å². The molecule has 0 aliphatic carbocycles. The van der Waals surface area contributed by atoms with Crippen LogP contribution in [0.25, 0.3) is 0 Å². The quantitative estimate of drug-likeness (QED) is 0.560. The van der Waals surface area contributed by atoms with Crippen LogP contribution in [0.2, 0.25) is 0 Å². The lowest BCUT2D eigenvalue weighted by Crippen LogP contribution is -2.42. The number of nitrogens with zero attached hydrogens (tertiary/aromatic N) is 1. The smallest absolute Gasteiger partial charge is 0.152 e. The van der Waals surface area contributed by atoms with Gasteiger partial charge in [-0.05, 0) is 26.0 Å². The summed E-state index contributed by atoms with van der Waals surface area (Å²) in [7, 11) is 3.58. The Kier molecular flexibility index (Phi) is 5.11. The molecule has 0 saturated carbocycles. The Bertz CT molecular complexity index is 299. The summed E-state index contributed by atoms with van der Waals surface area (Å²) in [5.41, 5.74) is 0.150. The first-order valence-corrected chi connectivity index (χ1v) is 6.07. The van der Waals surface area contributed by atoms with E-state index in [0.29, 0.717) is 13.2 Å². The molecule has 0 amide bonds. The van der Waals surface area contributed by atoms with Crippen molar-refractivity contribution in [1.29, 1.82) is 0 Å². The number of ether oxygens (including phenoxy) is 2. The van der Waals surface area contributed by atoms with Crippen molar-refractivity contribution in [2.75, 3.05) is 13.2 Å². The monoisotopic (exact) mass is 236 g/mol. The van der Waals surface area contributed by atoms with Crippen LogP contribution in [0.4, 0.5) is 0 Å². The van der Waals surface area contributed by atoms with Gasteiger partial charge in [-0.1, -0.05) is 13.0 Å². The molecule has 0 bridgehead atoms. The van der Waals surface area contributed by atoms with E-state index in [0.717, 1.165) is 5.69 Å². The molecule has 4 heteroatoms. The topological polar surface area (TPSA) is 31.4 Å². The Hall–Kier alpha value is -0.713. The summed E-state index contributed by atoms with van der Waals surface area (Å²) in [5.74, 6) is 0.0188. The van der Waals surface area contributed by atoms with Crippen molar-refractivity contribution in [3.8, 4) is 0 Å². The van der Waals surface area contributed by atoms with Gasteiger partial charge in [0.2, 0.25) is 0 Å². The summed E-state index contributed by atoms with van der Waals surface area (Å²) in [6, 6.07) is 5.83. The number of hydrogen-bond acceptors (Lipinski definition) is 3. The van der Waals surface area contributed by atoms with Crippen molar-refractivity contribution < 1.29 is 9.47 Å². The van der Waals surface area contributed by atoms with Gasteiger partial charge in [0.25, 0.3) is 0 Å². The van der Waals surface area contributed by atoms with Gasteiger partial charge in [-0.25, -0.2) is 0 Å². The summed E-state index contributed by atoms with van der Waals surface area (Å²) in [6.07, 6.45) is 1.77. The zero-order chi connectivity index (χ0) is 12.0. The van der Waals surface area contributed by atoms with E-state index in [4.69, 9.17) is 9.47 Å². The zero-order valence-electron chi connectivity index (χ0n) is 10.1. The fraction of sp³-hybridized carbons (Fsp3) is 0.583. The molecule has 1 rings (SSSR count). The van der Waals surface area contributed by atoms with E-state index in [-0.39, 0.29) is 5.92 Å². The first-order valence-electron chi connectivity index (χ1n) is 5.57. The Labute approximate surface area is 101 Å². The van der Waals surface area contributed by atoms with Crippen LogP contribution in [0.15, 0.2) is 24.4 Å². The van der Waals surface area contributed by atoms with Gasteiger partial charge < -0.3 is 9.47 Å². The van der Waals surface area contributed by atoms with Crippen LogP contribution in [0, 0.1) is 0 Å². The van der Waals surface area contributed by atoms with E-state index in [1.807, 2.05) is 39.0 Å². The fourth-order valence-corrected chi connectivity index (χ4v) is 1.98. The lowest BCUT2D eigenvalue weighted by molar-refractivity contribution is -0.185. The highest BCUT2D eigenvalue weighted by Crippen LogP contribution is 2.28. The van der Waals surface area contributed by atoms with Gasteiger partial charge in [-0.3, -0.25) is 4.98 Å². The third kappa shape index (κ3) is 3.14. The second-order valence-electron chi connectivity index (χ2n) is 3.51. The second-order valence-corrected chi connectivity index (χ2v) is 4.21. The van der Waals surface area contributed by atoms with E-state index < -0.39 is 5.41 Å². The highest BCUT2D eigenvalue weighted by Gasteiger charge is 2.34. The summed E-state index contributed by atoms with van der Waals surface area (Å²) in [6.45, 7) is 7.08. The molecule has 16 heavy (non-hydrogen) atoms. The van der Waals surface area contributed by atoms with Crippen molar-refractivity contribution in [3.05, 3.63) is 30.1 Å². The van der Waals surface area contributed by atoms with Crippen LogP contribution < -0.4 is 0 Å². The molecule has 1 unspecified atom stereocenters. The molecule has 0 aliphatic rings. The van der Waals surface area contributed by atoms with E-state index >= 15 is 0 Å². The molecule has 1 heterocycles. The maximum Gasteiger partial charge on any atom is 0.152 e. The van der Waals surface area contributed by atoms with E-state index in [2.05, 4.69) is 15.2 Å². The largest absolute Gasteiger partial charge is 0.354 e. The molecular weight excluding hydrogens is 218 g/mol. The maximum atomic E-state index is 5.64. The molecule has 1 aromatic rings. The van der Waals surface area contributed by atoms with Crippen molar-refractivity contribution in [2.45, 2.75) is 32.1 Å². The second kappa shape index (κ2) is 6.13. The van der Waals surface area contributed by atoms with Crippen LogP contribution in [0.3, 0.4) is 0 Å². The SMILES string of the molecule is CCOC([Si])(OCC)C(C)c1ccccn1. The Morgan fingerprint density at radius 3 is 2.38 bits per heavy atom. The molecule has 3 nitrogen and oxygen atoms in total. The third-order valence-corrected chi connectivity index (χ3v) is 3.14. The first-order chi connectivity index (χ1) is 7.64. The van der Waals surface area contributed by atoms with E-state index in [1.165, 1.54) is 0 Å². The molecule has 87 valence electrons. The lowest BCUT2D eigenvalue weighted by atomic mass is 10.1. The minimum absolute atomic E-state index is 0.0188. The van der Waals surface area contributed by atoms with Crippen LogP contribution in [0.5, 0.6) is 0 Å². The van der Waals surface area contributed by atoms with Crippen molar-refractivity contribution in [3.63, 3.8) is 0 Å². The van der Waals surface area contributed by atoms with Gasteiger partial charge in [0.1, 0.15) is 10.2 Å².